The van der Waals surface area contributed by atoms with Gasteiger partial charge < -0.3 is 10.6 Å². The summed E-state index contributed by atoms with van der Waals surface area (Å²) in [5.41, 5.74) is 1.08. The zero-order valence-electron chi connectivity index (χ0n) is 10.9. The lowest BCUT2D eigenvalue weighted by atomic mass is 10.2. The molecule has 0 aliphatic carbocycles. The highest BCUT2D eigenvalue weighted by molar-refractivity contribution is 9.10. The van der Waals surface area contributed by atoms with Crippen LogP contribution < -0.4 is 10.6 Å². The van der Waals surface area contributed by atoms with Crippen LogP contribution >= 0.6 is 31.9 Å². The van der Waals surface area contributed by atoms with Crippen LogP contribution in [0.25, 0.3) is 0 Å². The fourth-order valence-electron chi connectivity index (χ4n) is 1.61. The van der Waals surface area contributed by atoms with Gasteiger partial charge in [-0.05, 0) is 48.5 Å². The van der Waals surface area contributed by atoms with Crippen molar-refractivity contribution in [2.24, 2.45) is 0 Å². The Morgan fingerprint density at radius 3 is 1.38 bits per heavy atom. The number of halogens is 2. The van der Waals surface area contributed by atoms with Gasteiger partial charge >= 0.3 is 0 Å². The molecule has 0 radical (unpaired) electrons. The molecular formula is C15H12Br2N2O2. The number of carbonyl (C=O) groups is 2. The number of hydrogen-bond donors (Lipinski definition) is 2. The number of carbonyl (C=O) groups excluding carboxylic acids is 2. The maximum atomic E-state index is 11.8. The summed E-state index contributed by atoms with van der Waals surface area (Å²) in [6.45, 7) is 0.0732. The maximum absolute atomic E-state index is 11.8. The first-order valence-corrected chi connectivity index (χ1v) is 7.72. The van der Waals surface area contributed by atoms with E-state index in [-0.39, 0.29) is 18.5 Å². The highest BCUT2D eigenvalue weighted by Gasteiger charge is 2.07. The summed E-state index contributed by atoms with van der Waals surface area (Å²) in [4.78, 5) is 23.7. The molecule has 0 unspecified atom stereocenters. The predicted octanol–water partition coefficient (Wildman–Crippen LogP) is 3.33. The summed E-state index contributed by atoms with van der Waals surface area (Å²) in [6.07, 6.45) is 0. The molecular weight excluding hydrogens is 400 g/mol. The van der Waals surface area contributed by atoms with Gasteiger partial charge in [0, 0.05) is 20.1 Å². The molecule has 0 aliphatic rings. The van der Waals surface area contributed by atoms with E-state index >= 15 is 0 Å². The summed E-state index contributed by atoms with van der Waals surface area (Å²) in [5, 5.41) is 5.27. The number of rotatable bonds is 4. The Kier molecular flexibility index (Phi) is 5.52. The van der Waals surface area contributed by atoms with Crippen LogP contribution in [-0.4, -0.2) is 18.5 Å². The minimum absolute atomic E-state index is 0.0732. The van der Waals surface area contributed by atoms with Gasteiger partial charge in [0.1, 0.15) is 0 Å². The molecule has 0 bridgehead atoms. The second-order valence-electron chi connectivity index (χ2n) is 4.20. The molecule has 0 atom stereocenters. The minimum Gasteiger partial charge on any atom is -0.335 e. The molecule has 2 amide bonds. The molecule has 2 rings (SSSR count). The molecule has 21 heavy (non-hydrogen) atoms. The van der Waals surface area contributed by atoms with Crippen LogP contribution in [0.2, 0.25) is 0 Å². The first-order valence-electron chi connectivity index (χ1n) is 6.14. The van der Waals surface area contributed by atoms with E-state index < -0.39 is 0 Å². The summed E-state index contributed by atoms with van der Waals surface area (Å²) >= 11 is 6.61. The third-order valence-electron chi connectivity index (χ3n) is 2.71. The molecule has 0 saturated carbocycles. The van der Waals surface area contributed by atoms with Crippen molar-refractivity contribution in [3.05, 3.63) is 68.6 Å². The van der Waals surface area contributed by atoms with Crippen molar-refractivity contribution in [2.75, 3.05) is 6.67 Å². The summed E-state index contributed by atoms with van der Waals surface area (Å²) in [6, 6.07) is 14.0. The van der Waals surface area contributed by atoms with E-state index in [9.17, 15) is 9.59 Å². The third kappa shape index (κ3) is 4.68. The van der Waals surface area contributed by atoms with Crippen LogP contribution in [0.4, 0.5) is 0 Å². The summed E-state index contributed by atoms with van der Waals surface area (Å²) in [5.74, 6) is -0.475. The summed E-state index contributed by atoms with van der Waals surface area (Å²) in [7, 11) is 0. The van der Waals surface area contributed by atoms with Gasteiger partial charge in [0.2, 0.25) is 0 Å². The van der Waals surface area contributed by atoms with Gasteiger partial charge in [-0.1, -0.05) is 31.9 Å². The zero-order chi connectivity index (χ0) is 15.2. The average Bonchev–Trinajstić information content (AvgIpc) is 2.48. The van der Waals surface area contributed by atoms with Gasteiger partial charge in [-0.3, -0.25) is 9.59 Å². The third-order valence-corrected chi connectivity index (χ3v) is 3.77. The van der Waals surface area contributed by atoms with Crippen LogP contribution in [0.1, 0.15) is 20.7 Å². The molecule has 0 aliphatic heterocycles. The highest BCUT2D eigenvalue weighted by Crippen LogP contribution is 2.11. The van der Waals surface area contributed by atoms with Crippen molar-refractivity contribution in [1.82, 2.24) is 10.6 Å². The molecule has 108 valence electrons. The van der Waals surface area contributed by atoms with E-state index in [2.05, 4.69) is 42.5 Å². The molecule has 0 fully saturated rings. The second kappa shape index (κ2) is 7.38. The number of hydrogen-bond acceptors (Lipinski definition) is 2. The number of amides is 2. The van der Waals surface area contributed by atoms with Crippen LogP contribution in [-0.2, 0) is 0 Å². The van der Waals surface area contributed by atoms with Gasteiger partial charge in [0.15, 0.2) is 0 Å². The van der Waals surface area contributed by atoms with Crippen molar-refractivity contribution in [3.8, 4) is 0 Å². The molecule has 2 N–H and O–H groups in total. The van der Waals surface area contributed by atoms with E-state index in [1.807, 2.05) is 0 Å². The Balaban J connectivity index is 1.83. The molecule has 0 saturated heterocycles. The SMILES string of the molecule is O=C(NCNC(=O)c1ccc(Br)cc1)c1ccc(Br)cc1. The first kappa shape index (κ1) is 15.7. The van der Waals surface area contributed by atoms with Gasteiger partial charge in [0.05, 0.1) is 6.67 Å². The fraction of sp³-hybridized carbons (Fsp3) is 0.0667. The van der Waals surface area contributed by atoms with Crippen molar-refractivity contribution in [1.29, 1.82) is 0 Å². The quantitative estimate of drug-likeness (QED) is 0.758. The van der Waals surface area contributed by atoms with Gasteiger partial charge in [-0.15, -0.1) is 0 Å². The lowest BCUT2D eigenvalue weighted by Crippen LogP contribution is -2.37. The van der Waals surface area contributed by atoms with Crippen molar-refractivity contribution in [2.45, 2.75) is 0 Å². The molecule has 2 aromatic carbocycles. The van der Waals surface area contributed by atoms with Crippen LogP contribution in [0.5, 0.6) is 0 Å². The molecule has 6 heteroatoms. The first-order chi connectivity index (χ1) is 10.1. The average molecular weight is 412 g/mol. The molecule has 0 spiro atoms. The topological polar surface area (TPSA) is 58.2 Å². The van der Waals surface area contributed by atoms with E-state index in [1.54, 1.807) is 48.5 Å². The van der Waals surface area contributed by atoms with Gasteiger partial charge in [-0.25, -0.2) is 0 Å². The van der Waals surface area contributed by atoms with E-state index in [0.29, 0.717) is 11.1 Å². The predicted molar refractivity (Wildman–Crippen MR) is 88.1 cm³/mol. The van der Waals surface area contributed by atoms with Crippen LogP contribution in [0, 0.1) is 0 Å². The molecule has 0 aromatic heterocycles. The van der Waals surface area contributed by atoms with Crippen molar-refractivity contribution >= 4 is 43.7 Å². The zero-order valence-corrected chi connectivity index (χ0v) is 14.1. The summed E-state index contributed by atoms with van der Waals surface area (Å²) < 4.78 is 1.81. The largest absolute Gasteiger partial charge is 0.335 e. The Bertz CT molecular complexity index is 582. The molecule has 0 heterocycles. The van der Waals surface area contributed by atoms with Crippen molar-refractivity contribution in [3.63, 3.8) is 0 Å². The minimum atomic E-state index is -0.237. The lowest BCUT2D eigenvalue weighted by molar-refractivity contribution is 0.0920. The van der Waals surface area contributed by atoms with E-state index in [1.165, 1.54) is 0 Å². The van der Waals surface area contributed by atoms with Gasteiger partial charge in [0.25, 0.3) is 11.8 Å². The Labute approximate surface area is 139 Å². The second-order valence-corrected chi connectivity index (χ2v) is 6.03. The molecule has 4 nitrogen and oxygen atoms in total. The van der Waals surface area contributed by atoms with Crippen molar-refractivity contribution < 1.29 is 9.59 Å². The van der Waals surface area contributed by atoms with Gasteiger partial charge in [-0.2, -0.15) is 0 Å². The monoisotopic (exact) mass is 410 g/mol. The lowest BCUT2D eigenvalue weighted by Gasteiger charge is -2.07. The Morgan fingerprint density at radius 1 is 0.714 bits per heavy atom. The smallest absolute Gasteiger partial charge is 0.252 e. The standard InChI is InChI=1S/C15H12Br2N2O2/c16-12-5-1-10(2-6-12)14(20)18-9-19-15(21)11-3-7-13(17)8-4-11/h1-8H,9H2,(H,18,20)(H,19,21). The normalized spacial score (nSPS) is 10.0. The maximum Gasteiger partial charge on any atom is 0.252 e. The highest BCUT2D eigenvalue weighted by atomic mass is 79.9. The number of benzene rings is 2. The van der Waals surface area contributed by atoms with Crippen LogP contribution in [0.15, 0.2) is 57.5 Å². The number of nitrogens with one attached hydrogen (secondary N) is 2. The Hall–Kier alpha value is -1.66. The molecule has 2 aromatic rings. The Morgan fingerprint density at radius 2 is 1.05 bits per heavy atom. The fourth-order valence-corrected chi connectivity index (χ4v) is 2.14. The van der Waals surface area contributed by atoms with Crippen LogP contribution in [0.3, 0.4) is 0 Å². The van der Waals surface area contributed by atoms with E-state index in [4.69, 9.17) is 0 Å². The van der Waals surface area contributed by atoms with E-state index in [0.717, 1.165) is 8.95 Å².